The molecule has 0 aliphatic carbocycles. The fourth-order valence-corrected chi connectivity index (χ4v) is 4.36. The molecule has 3 atom stereocenters. The van der Waals surface area contributed by atoms with Gasteiger partial charge < -0.3 is 25.2 Å². The number of rotatable bonds is 13. The van der Waals surface area contributed by atoms with Crippen LogP contribution in [0.2, 0.25) is 0 Å². The minimum atomic E-state index is -3.93. The van der Waals surface area contributed by atoms with Gasteiger partial charge in [0, 0.05) is 35.9 Å². The van der Waals surface area contributed by atoms with E-state index in [0.717, 1.165) is 0 Å². The Labute approximate surface area is 247 Å². The van der Waals surface area contributed by atoms with Gasteiger partial charge in [-0.05, 0) is 36.1 Å². The van der Waals surface area contributed by atoms with Crippen molar-refractivity contribution in [1.82, 2.24) is 20.6 Å². The zero-order valence-electron chi connectivity index (χ0n) is 23.2. The first-order valence-electron chi connectivity index (χ1n) is 13.6. The first-order valence-corrected chi connectivity index (χ1v) is 13.6. The zero-order valence-corrected chi connectivity index (χ0v) is 23.2. The predicted molar refractivity (Wildman–Crippen MR) is 154 cm³/mol. The summed E-state index contributed by atoms with van der Waals surface area (Å²) in [6.07, 6.45) is 1.13. The molecule has 0 spiro atoms. The summed E-state index contributed by atoms with van der Waals surface area (Å²) < 4.78 is 42.8. The molecule has 0 saturated carbocycles. The largest absolute Gasteiger partial charge is 0.445 e. The van der Waals surface area contributed by atoms with Crippen LogP contribution in [0.4, 0.5) is 18.4 Å². The minimum Gasteiger partial charge on any atom is -0.445 e. The number of aliphatic hydroxyl groups is 1. The lowest BCUT2D eigenvalue weighted by molar-refractivity contribution is -0.141. The molecule has 4 aromatic rings. The van der Waals surface area contributed by atoms with Gasteiger partial charge >= 0.3 is 12.2 Å². The number of nitrogens with zero attached hydrogens (tertiary/aromatic N) is 2. The Hall–Kier alpha value is -4.90. The number of benzene rings is 2. The normalized spacial score (nSPS) is 13.3. The maximum absolute atomic E-state index is 16.2. The van der Waals surface area contributed by atoms with Crippen molar-refractivity contribution < 1.29 is 33.0 Å². The lowest BCUT2D eigenvalue weighted by Crippen LogP contribution is -2.61. The van der Waals surface area contributed by atoms with E-state index in [9.17, 15) is 14.7 Å². The monoisotopic (exact) mass is 590 g/mol. The summed E-state index contributed by atoms with van der Waals surface area (Å²) in [7, 11) is 0. The minimum absolute atomic E-state index is 0.136. The lowest BCUT2D eigenvalue weighted by atomic mass is 9.90. The summed E-state index contributed by atoms with van der Waals surface area (Å²) >= 11 is 0. The second kappa shape index (κ2) is 15.4. The van der Waals surface area contributed by atoms with Crippen molar-refractivity contribution in [3.05, 3.63) is 132 Å². The average Bonchev–Trinajstić information content (AvgIpc) is 3.04. The molecular formula is C32H32F2N4O5. The van der Waals surface area contributed by atoms with Crippen LogP contribution in [0.3, 0.4) is 0 Å². The van der Waals surface area contributed by atoms with Gasteiger partial charge in [0.15, 0.2) is 0 Å². The molecule has 224 valence electrons. The van der Waals surface area contributed by atoms with Crippen molar-refractivity contribution in [3.63, 3.8) is 0 Å². The molecule has 0 radical (unpaired) electrons. The number of amides is 2. The van der Waals surface area contributed by atoms with Crippen LogP contribution in [-0.4, -0.2) is 51.4 Å². The summed E-state index contributed by atoms with van der Waals surface area (Å²) in [5.41, 5.74) is 2.26. The highest BCUT2D eigenvalue weighted by Gasteiger charge is 2.51. The van der Waals surface area contributed by atoms with Crippen molar-refractivity contribution in [2.24, 2.45) is 0 Å². The van der Waals surface area contributed by atoms with Crippen molar-refractivity contribution in [2.45, 2.75) is 50.2 Å². The number of carbonyl (C=O) groups excluding carboxylic acids is 2. The van der Waals surface area contributed by atoms with E-state index >= 15 is 8.78 Å². The molecule has 0 bridgehead atoms. The van der Waals surface area contributed by atoms with Gasteiger partial charge in [-0.2, -0.15) is 0 Å². The van der Waals surface area contributed by atoms with Crippen molar-refractivity contribution in [1.29, 1.82) is 0 Å². The number of pyridine rings is 2. The van der Waals surface area contributed by atoms with E-state index in [0.29, 0.717) is 22.3 Å². The van der Waals surface area contributed by atoms with Crippen molar-refractivity contribution >= 4 is 12.2 Å². The maximum Gasteiger partial charge on any atom is 0.407 e. The van der Waals surface area contributed by atoms with Gasteiger partial charge in [-0.1, -0.05) is 72.8 Å². The molecule has 2 amide bonds. The summed E-state index contributed by atoms with van der Waals surface area (Å²) in [6.45, 7) is -0.335. The van der Waals surface area contributed by atoms with Gasteiger partial charge in [0.25, 0.3) is 5.92 Å². The topological polar surface area (TPSA) is 123 Å². The predicted octanol–water partition coefficient (Wildman–Crippen LogP) is 4.85. The Balaban J connectivity index is 1.52. The number of alkyl halides is 2. The van der Waals surface area contributed by atoms with E-state index in [-0.39, 0.29) is 26.1 Å². The highest BCUT2D eigenvalue weighted by Crippen LogP contribution is 2.29. The second-order valence-corrected chi connectivity index (χ2v) is 9.82. The number of nitrogens with one attached hydrogen (secondary N) is 2. The number of carbonyl (C=O) groups is 2. The summed E-state index contributed by atoms with van der Waals surface area (Å²) in [4.78, 5) is 33.3. The highest BCUT2D eigenvalue weighted by atomic mass is 19.3. The molecular weight excluding hydrogens is 558 g/mol. The molecule has 2 aromatic heterocycles. The van der Waals surface area contributed by atoms with Gasteiger partial charge in [-0.15, -0.1) is 0 Å². The van der Waals surface area contributed by atoms with Gasteiger partial charge in [0.2, 0.25) is 0 Å². The van der Waals surface area contributed by atoms with Crippen LogP contribution in [-0.2, 0) is 35.5 Å². The number of aliphatic hydroxyl groups excluding tert-OH is 1. The van der Waals surface area contributed by atoms with Crippen LogP contribution in [0.1, 0.15) is 22.3 Å². The van der Waals surface area contributed by atoms with Gasteiger partial charge in [-0.25, -0.2) is 18.4 Å². The number of alkyl carbamates (subject to hydrolysis) is 2. The Morgan fingerprint density at radius 2 is 1.16 bits per heavy atom. The first-order chi connectivity index (χ1) is 20.8. The van der Waals surface area contributed by atoms with Crippen LogP contribution >= 0.6 is 0 Å². The van der Waals surface area contributed by atoms with Gasteiger partial charge in [0.05, 0.1) is 6.04 Å². The second-order valence-electron chi connectivity index (χ2n) is 9.82. The van der Waals surface area contributed by atoms with Gasteiger partial charge in [0.1, 0.15) is 25.4 Å². The quantitative estimate of drug-likeness (QED) is 0.204. The Bertz CT molecular complexity index is 1420. The number of hydrogen-bond donors (Lipinski definition) is 3. The molecule has 0 unspecified atom stereocenters. The Morgan fingerprint density at radius 1 is 0.698 bits per heavy atom. The third-order valence-electron chi connectivity index (χ3n) is 6.60. The third-order valence-corrected chi connectivity index (χ3v) is 6.60. The number of hydrogen-bond acceptors (Lipinski definition) is 7. The molecule has 0 aliphatic heterocycles. The van der Waals surface area contributed by atoms with Crippen LogP contribution in [0.15, 0.2) is 110 Å². The van der Waals surface area contributed by atoms with E-state index in [1.54, 1.807) is 97.3 Å². The van der Waals surface area contributed by atoms with Crippen LogP contribution in [0.5, 0.6) is 0 Å². The molecule has 0 saturated heterocycles. The number of aromatic nitrogens is 2. The highest BCUT2D eigenvalue weighted by molar-refractivity contribution is 5.68. The Morgan fingerprint density at radius 3 is 1.65 bits per heavy atom. The van der Waals surface area contributed by atoms with Crippen molar-refractivity contribution in [3.8, 4) is 0 Å². The molecule has 3 N–H and O–H groups in total. The van der Waals surface area contributed by atoms with E-state index in [1.165, 1.54) is 12.4 Å². The molecule has 4 rings (SSSR count). The maximum atomic E-state index is 16.2. The summed E-state index contributed by atoms with van der Waals surface area (Å²) in [6, 6.07) is 20.3. The summed E-state index contributed by atoms with van der Waals surface area (Å²) in [5.74, 6) is -3.93. The number of halogens is 2. The van der Waals surface area contributed by atoms with Crippen LogP contribution in [0, 0.1) is 0 Å². The smallest absolute Gasteiger partial charge is 0.407 e. The molecule has 43 heavy (non-hydrogen) atoms. The molecule has 2 heterocycles. The van der Waals surface area contributed by atoms with Crippen LogP contribution in [0.25, 0.3) is 0 Å². The van der Waals surface area contributed by atoms with E-state index < -0.39 is 36.3 Å². The fraction of sp³-hybridized carbons (Fsp3) is 0.250. The number of ether oxygens (including phenoxy) is 2. The van der Waals surface area contributed by atoms with E-state index in [1.807, 2.05) is 0 Å². The standard InChI is InChI=1S/C32H32F2N4O5/c33-32(34,28(18-24-11-5-2-6-12-24)38-31(41)43-22-26-14-8-16-36-20-26)29(39)27(17-23-9-3-1-4-10-23)37-30(40)42-21-25-13-7-15-35-19-25/h1-16,19-20,27-29,39H,17-18,21-22H2,(H,37,40)(H,38,41)/t27-,28-,29+/m0/s1. The van der Waals surface area contributed by atoms with Gasteiger partial charge in [-0.3, -0.25) is 9.97 Å². The lowest BCUT2D eigenvalue weighted by Gasteiger charge is -2.35. The molecule has 0 fully saturated rings. The summed E-state index contributed by atoms with van der Waals surface area (Å²) in [5, 5.41) is 15.8. The average molecular weight is 591 g/mol. The van der Waals surface area contributed by atoms with Crippen molar-refractivity contribution in [2.75, 3.05) is 0 Å². The SMILES string of the molecule is O=C(N[C@@H](Cc1ccccc1)[C@@H](O)C(F)(F)[C@H](Cc1ccccc1)NC(=O)OCc1cccnc1)OCc1cccnc1. The fourth-order valence-electron chi connectivity index (χ4n) is 4.36. The molecule has 9 nitrogen and oxygen atoms in total. The molecule has 2 aromatic carbocycles. The molecule has 11 heteroatoms. The van der Waals surface area contributed by atoms with Crippen LogP contribution < -0.4 is 10.6 Å². The van der Waals surface area contributed by atoms with E-state index in [2.05, 4.69) is 20.6 Å². The third kappa shape index (κ3) is 9.57. The van der Waals surface area contributed by atoms with E-state index in [4.69, 9.17) is 9.47 Å². The first kappa shape index (κ1) is 31.0. The molecule has 0 aliphatic rings. The Kier molecular flexibility index (Phi) is 11.1. The zero-order chi connectivity index (χ0) is 30.5.